The molecule has 2 heterocycles. The van der Waals surface area contributed by atoms with Gasteiger partial charge in [-0.2, -0.15) is 0 Å². The number of aromatic nitrogens is 3. The second kappa shape index (κ2) is 11.3. The molecule has 0 aliphatic rings. The molecule has 3 nitrogen and oxygen atoms in total. The van der Waals surface area contributed by atoms with E-state index in [2.05, 4.69) is 127 Å². The number of hydrogen-bond donors (Lipinski definition) is 0. The van der Waals surface area contributed by atoms with Crippen molar-refractivity contribution in [1.82, 2.24) is 15.0 Å². The van der Waals surface area contributed by atoms with Crippen molar-refractivity contribution in [3.05, 3.63) is 164 Å². The predicted octanol–water partition coefficient (Wildman–Crippen LogP) is 11.4. The Morgan fingerprint density at radius 1 is 0.306 bits per heavy atom. The maximum absolute atomic E-state index is 5.07. The van der Waals surface area contributed by atoms with Crippen molar-refractivity contribution in [1.29, 1.82) is 0 Å². The molecule has 0 aliphatic heterocycles. The molecule has 0 unspecified atom stereocenters. The third kappa shape index (κ3) is 4.61. The molecule has 0 fully saturated rings. The normalized spacial score (nSPS) is 11.7. The van der Waals surface area contributed by atoms with Crippen molar-refractivity contribution < 1.29 is 0 Å². The summed E-state index contributed by atoms with van der Waals surface area (Å²) in [5.74, 6) is 2.00. The third-order valence-corrected chi connectivity index (χ3v) is 12.2. The fraction of sp³-hybridized carbons (Fsp3) is 0. The summed E-state index contributed by atoms with van der Waals surface area (Å²) >= 11 is 0.147. The van der Waals surface area contributed by atoms with Crippen LogP contribution >= 0.6 is 0 Å². The van der Waals surface area contributed by atoms with Gasteiger partial charge < -0.3 is 0 Å². The van der Waals surface area contributed by atoms with Crippen LogP contribution < -0.4 is 0 Å². The van der Waals surface area contributed by atoms with Crippen molar-refractivity contribution in [2.45, 2.75) is 0 Å². The van der Waals surface area contributed by atoms with Gasteiger partial charge in [-0.05, 0) is 0 Å². The van der Waals surface area contributed by atoms with Gasteiger partial charge in [0.1, 0.15) is 0 Å². The molecule has 0 N–H and O–H groups in total. The van der Waals surface area contributed by atoms with Crippen LogP contribution in [0.3, 0.4) is 0 Å². The van der Waals surface area contributed by atoms with Crippen molar-refractivity contribution in [3.8, 4) is 45.3 Å². The summed E-state index contributed by atoms with van der Waals surface area (Å²) in [4.78, 5) is 15.1. The van der Waals surface area contributed by atoms with Gasteiger partial charge in [-0.25, -0.2) is 0 Å². The second-order valence-electron chi connectivity index (χ2n) is 12.4. The van der Waals surface area contributed by atoms with Gasteiger partial charge in [0.2, 0.25) is 0 Å². The average Bonchev–Trinajstić information content (AvgIpc) is 3.57. The Labute approximate surface area is 288 Å². The zero-order valence-corrected chi connectivity index (χ0v) is 28.1. The third-order valence-electron chi connectivity index (χ3n) is 9.52. The Morgan fingerprint density at radius 3 is 1.55 bits per heavy atom. The first-order valence-electron chi connectivity index (χ1n) is 16.5. The standard InChI is InChI=1S/C45H27N3Se/c1-3-13-30(14-4-1)43-46-44(31-15-5-2-6-16-31)48-45(47-43)39-23-10-18-33-34(19-9-20-35(33)39)36-21-11-22-37-38-27-26-29-25-24-28-12-7-8-17-32(28)40(29)42(38)49-41(36)37/h1-27H. The average molecular weight is 689 g/mol. The van der Waals surface area contributed by atoms with E-state index in [0.29, 0.717) is 17.5 Å². The van der Waals surface area contributed by atoms with E-state index in [9.17, 15) is 0 Å². The van der Waals surface area contributed by atoms with Gasteiger partial charge in [0.25, 0.3) is 0 Å². The molecule has 0 spiro atoms. The van der Waals surface area contributed by atoms with Gasteiger partial charge >= 0.3 is 278 Å². The van der Waals surface area contributed by atoms with E-state index in [1.807, 2.05) is 36.4 Å². The van der Waals surface area contributed by atoms with Crippen LogP contribution in [-0.4, -0.2) is 29.5 Å². The molecule has 0 aliphatic carbocycles. The minimum atomic E-state index is 0.147. The van der Waals surface area contributed by atoms with Crippen LogP contribution in [0.2, 0.25) is 0 Å². The topological polar surface area (TPSA) is 38.7 Å². The van der Waals surface area contributed by atoms with E-state index in [1.54, 1.807) is 0 Å². The minimum absolute atomic E-state index is 0.147. The summed E-state index contributed by atoms with van der Waals surface area (Å²) < 4.78 is 2.93. The van der Waals surface area contributed by atoms with Crippen LogP contribution in [0.15, 0.2) is 164 Å². The summed E-state index contributed by atoms with van der Waals surface area (Å²) in [5, 5.41) is 10.4. The summed E-state index contributed by atoms with van der Waals surface area (Å²) in [5.41, 5.74) is 5.46. The van der Waals surface area contributed by atoms with E-state index in [1.165, 1.54) is 57.4 Å². The van der Waals surface area contributed by atoms with Gasteiger partial charge in [-0.15, -0.1) is 0 Å². The predicted molar refractivity (Wildman–Crippen MR) is 206 cm³/mol. The van der Waals surface area contributed by atoms with Gasteiger partial charge in [0, 0.05) is 0 Å². The maximum atomic E-state index is 5.07. The molecular weight excluding hydrogens is 661 g/mol. The molecule has 228 valence electrons. The SMILES string of the molecule is c1ccc(-c2nc(-c3ccccc3)nc(-c3cccc4c(-c5cccc6c5[se]c5c6ccc6ccc7ccccc7c65)cccc34)n2)cc1. The first-order valence-corrected chi connectivity index (χ1v) is 18.2. The van der Waals surface area contributed by atoms with E-state index >= 15 is 0 Å². The molecule has 0 amide bonds. The quantitative estimate of drug-likeness (QED) is 0.136. The molecule has 0 bridgehead atoms. The van der Waals surface area contributed by atoms with Crippen LogP contribution in [-0.2, 0) is 0 Å². The first-order chi connectivity index (χ1) is 24.3. The molecular formula is C45H27N3Se. The summed E-state index contributed by atoms with van der Waals surface area (Å²) in [7, 11) is 0. The number of nitrogens with zero attached hydrogens (tertiary/aromatic N) is 3. The first kappa shape index (κ1) is 28.1. The summed E-state index contributed by atoms with van der Waals surface area (Å²) in [6, 6.07) is 58.3. The molecule has 0 atom stereocenters. The fourth-order valence-corrected chi connectivity index (χ4v) is 10.2. The fourth-order valence-electron chi connectivity index (χ4n) is 7.22. The molecule has 10 rings (SSSR count). The zero-order chi connectivity index (χ0) is 32.3. The van der Waals surface area contributed by atoms with Crippen LogP contribution in [0.25, 0.3) is 96.9 Å². The zero-order valence-electron chi connectivity index (χ0n) is 26.3. The Hall–Kier alpha value is -5.93. The molecule has 0 saturated heterocycles. The molecule has 2 aromatic heterocycles. The van der Waals surface area contributed by atoms with Gasteiger partial charge in [-0.3, -0.25) is 0 Å². The molecule has 0 radical (unpaired) electrons. The molecule has 10 aromatic rings. The van der Waals surface area contributed by atoms with Crippen molar-refractivity contribution in [2.24, 2.45) is 0 Å². The molecule has 49 heavy (non-hydrogen) atoms. The van der Waals surface area contributed by atoms with Crippen LogP contribution in [0.5, 0.6) is 0 Å². The van der Waals surface area contributed by atoms with Gasteiger partial charge in [-0.1, -0.05) is 12.1 Å². The molecule has 0 saturated carbocycles. The second-order valence-corrected chi connectivity index (χ2v) is 14.5. The Bertz CT molecular complexity index is 2820. The number of hydrogen-bond acceptors (Lipinski definition) is 3. The summed E-state index contributed by atoms with van der Waals surface area (Å²) in [6.07, 6.45) is 0. The Balaban J connectivity index is 1.20. The van der Waals surface area contributed by atoms with Gasteiger partial charge in [0.15, 0.2) is 0 Å². The van der Waals surface area contributed by atoms with Gasteiger partial charge in [0.05, 0.1) is 0 Å². The van der Waals surface area contributed by atoms with Crippen molar-refractivity contribution >= 4 is 66.1 Å². The molecule has 4 heteroatoms. The van der Waals surface area contributed by atoms with E-state index < -0.39 is 0 Å². The van der Waals surface area contributed by atoms with Crippen molar-refractivity contribution in [3.63, 3.8) is 0 Å². The van der Waals surface area contributed by atoms with E-state index in [-0.39, 0.29) is 14.5 Å². The molecule has 8 aromatic carbocycles. The number of fused-ring (bicyclic) bond motifs is 8. The van der Waals surface area contributed by atoms with Crippen LogP contribution in [0.1, 0.15) is 0 Å². The monoisotopic (exact) mass is 689 g/mol. The Morgan fingerprint density at radius 2 is 0.816 bits per heavy atom. The van der Waals surface area contributed by atoms with E-state index in [4.69, 9.17) is 15.0 Å². The number of rotatable bonds is 4. The Kier molecular flexibility index (Phi) is 6.51. The van der Waals surface area contributed by atoms with Crippen LogP contribution in [0, 0.1) is 0 Å². The van der Waals surface area contributed by atoms with Crippen molar-refractivity contribution in [2.75, 3.05) is 0 Å². The summed E-state index contributed by atoms with van der Waals surface area (Å²) in [6.45, 7) is 0. The van der Waals surface area contributed by atoms with E-state index in [0.717, 1.165) is 22.1 Å². The number of benzene rings is 8. The van der Waals surface area contributed by atoms with Crippen LogP contribution in [0.4, 0.5) is 0 Å².